The minimum Gasteiger partial charge on any atom is -0.393 e. The van der Waals surface area contributed by atoms with E-state index < -0.39 is 16.1 Å². The van der Waals surface area contributed by atoms with Crippen LogP contribution in [0.25, 0.3) is 33.5 Å². The van der Waals surface area contributed by atoms with Gasteiger partial charge in [0, 0.05) is 69.5 Å². The molecule has 1 amide bonds. The highest BCUT2D eigenvalue weighted by molar-refractivity contribution is 7.90. The smallest absolute Gasteiger partial charge is 0.269 e. The lowest BCUT2D eigenvalue weighted by atomic mass is 9.92. The summed E-state index contributed by atoms with van der Waals surface area (Å²) in [7, 11) is -0.609. The van der Waals surface area contributed by atoms with E-state index in [0.29, 0.717) is 54.7 Å². The van der Waals surface area contributed by atoms with Gasteiger partial charge in [0.05, 0.1) is 22.9 Å². The SMILES string of the molecule is Cc1ccc(S(=O)(=O)n2cc(-c3ccc(C(=O)N(C)C)c(C)c3)c3nc(-c4cc(C)c5c(c4)CN(CCC(=O)CC[C@H](C)O)CC5)cnc32)cc1. The summed E-state index contributed by atoms with van der Waals surface area (Å²) in [5.74, 6) is 0.0475. The molecule has 0 unspecified atom stereocenters. The van der Waals surface area contributed by atoms with Crippen LogP contribution in [0.5, 0.6) is 0 Å². The van der Waals surface area contributed by atoms with Gasteiger partial charge in [0.15, 0.2) is 5.65 Å². The Hall–Kier alpha value is -4.71. The topological polar surface area (TPSA) is 126 Å². The van der Waals surface area contributed by atoms with E-state index in [4.69, 9.17) is 9.97 Å². The normalized spacial score (nSPS) is 14.0. The first kappa shape index (κ1) is 36.1. The Kier molecular flexibility index (Phi) is 10.3. The third-order valence-electron chi connectivity index (χ3n) is 9.70. The van der Waals surface area contributed by atoms with Gasteiger partial charge in [-0.05, 0) is 98.7 Å². The number of carbonyl (C=O) groups is 2. The summed E-state index contributed by atoms with van der Waals surface area (Å²) in [5.41, 5.74) is 9.32. The lowest BCUT2D eigenvalue weighted by molar-refractivity contribution is -0.120. The van der Waals surface area contributed by atoms with Crippen molar-refractivity contribution in [3.63, 3.8) is 0 Å². The highest BCUT2D eigenvalue weighted by Crippen LogP contribution is 2.35. The van der Waals surface area contributed by atoms with Crippen molar-refractivity contribution in [3.05, 3.63) is 100 Å². The molecule has 11 heteroatoms. The summed E-state index contributed by atoms with van der Waals surface area (Å²) in [5, 5.41) is 9.54. The van der Waals surface area contributed by atoms with Crippen LogP contribution in [0.4, 0.5) is 0 Å². The molecule has 10 nitrogen and oxygen atoms in total. The Balaban J connectivity index is 1.41. The fourth-order valence-electron chi connectivity index (χ4n) is 6.73. The maximum absolute atomic E-state index is 14.0. The molecule has 6 rings (SSSR count). The molecule has 51 heavy (non-hydrogen) atoms. The van der Waals surface area contributed by atoms with E-state index in [9.17, 15) is 23.1 Å². The van der Waals surface area contributed by atoms with Crippen molar-refractivity contribution < 1.29 is 23.1 Å². The quantitative estimate of drug-likeness (QED) is 0.175. The Bertz CT molecular complexity index is 2240. The first-order valence-corrected chi connectivity index (χ1v) is 18.7. The lowest BCUT2D eigenvalue weighted by Gasteiger charge is -2.30. The van der Waals surface area contributed by atoms with Crippen LogP contribution in [0, 0.1) is 20.8 Å². The van der Waals surface area contributed by atoms with Gasteiger partial charge in [0.2, 0.25) is 0 Å². The van der Waals surface area contributed by atoms with E-state index >= 15 is 0 Å². The number of hydrogen-bond donors (Lipinski definition) is 1. The number of aliphatic hydroxyl groups is 1. The van der Waals surface area contributed by atoms with Crippen LogP contribution in [0.1, 0.15) is 64.4 Å². The maximum Gasteiger partial charge on any atom is 0.269 e. The second-order valence-corrected chi connectivity index (χ2v) is 15.8. The van der Waals surface area contributed by atoms with Gasteiger partial charge in [0.1, 0.15) is 11.3 Å². The predicted octanol–water partition coefficient (Wildman–Crippen LogP) is 6.11. The van der Waals surface area contributed by atoms with E-state index in [1.807, 2.05) is 26.0 Å². The van der Waals surface area contributed by atoms with E-state index in [0.717, 1.165) is 40.8 Å². The average molecular weight is 708 g/mol. The van der Waals surface area contributed by atoms with Gasteiger partial charge in [-0.3, -0.25) is 14.5 Å². The largest absolute Gasteiger partial charge is 0.393 e. The molecule has 3 heterocycles. The first-order valence-electron chi connectivity index (χ1n) is 17.3. The fraction of sp³-hybridized carbons (Fsp3) is 0.350. The number of carbonyl (C=O) groups excluding carboxylic acids is 2. The third-order valence-corrected chi connectivity index (χ3v) is 11.4. The third kappa shape index (κ3) is 7.51. The highest BCUT2D eigenvalue weighted by Gasteiger charge is 2.26. The molecule has 1 aliphatic heterocycles. The number of Topliss-reactive ketones (excluding diaryl/α,β-unsaturated/α-hetero) is 1. The first-order chi connectivity index (χ1) is 24.2. The summed E-state index contributed by atoms with van der Waals surface area (Å²) >= 11 is 0. The number of aryl methyl sites for hydroxylation is 3. The van der Waals surface area contributed by atoms with Crippen LogP contribution >= 0.6 is 0 Å². The number of amides is 1. The predicted molar refractivity (Wildman–Crippen MR) is 199 cm³/mol. The maximum atomic E-state index is 14.0. The van der Waals surface area contributed by atoms with E-state index in [1.54, 1.807) is 63.7 Å². The number of hydrogen-bond acceptors (Lipinski definition) is 8. The summed E-state index contributed by atoms with van der Waals surface area (Å²) < 4.78 is 29.3. The molecule has 266 valence electrons. The average Bonchev–Trinajstić information content (AvgIpc) is 3.49. The minimum atomic E-state index is -4.02. The monoisotopic (exact) mass is 707 g/mol. The van der Waals surface area contributed by atoms with Crippen LogP contribution in [0.2, 0.25) is 0 Å². The van der Waals surface area contributed by atoms with Gasteiger partial charge >= 0.3 is 0 Å². The van der Waals surface area contributed by atoms with Gasteiger partial charge in [-0.2, -0.15) is 0 Å². The molecule has 0 saturated carbocycles. The number of ketones is 1. The summed E-state index contributed by atoms with van der Waals surface area (Å²) in [6.07, 6.45) is 4.93. The molecule has 3 aromatic carbocycles. The molecular formula is C40H45N5O5S. The van der Waals surface area contributed by atoms with Crippen LogP contribution in [0.15, 0.2) is 71.9 Å². The van der Waals surface area contributed by atoms with Crippen molar-refractivity contribution in [2.45, 2.75) is 70.9 Å². The molecular weight excluding hydrogens is 663 g/mol. The Morgan fingerprint density at radius 2 is 1.69 bits per heavy atom. The Morgan fingerprint density at radius 1 is 0.961 bits per heavy atom. The van der Waals surface area contributed by atoms with Crippen molar-refractivity contribution in [1.29, 1.82) is 0 Å². The number of fused-ring (bicyclic) bond motifs is 2. The summed E-state index contributed by atoms with van der Waals surface area (Å²) in [6.45, 7) is 9.81. The van der Waals surface area contributed by atoms with Crippen LogP contribution in [-0.2, 0) is 27.8 Å². The molecule has 0 saturated heterocycles. The van der Waals surface area contributed by atoms with Crippen LogP contribution in [0.3, 0.4) is 0 Å². The standard InChI is InChI=1S/C40H45N5O5S/c1-25-7-12-33(13-8-25)51(49,50)45-24-36(29-10-14-35(27(3)19-29)40(48)43(5)6)38-39(45)41-22-37(42-38)30-20-26(2)34-16-18-44(23-31(34)21-30)17-15-32(47)11-9-28(4)46/h7-8,10,12-14,19-22,24,28,46H,9,11,15-18,23H2,1-6H3/t28-/m0/s1. The molecule has 1 aliphatic rings. The molecule has 2 aromatic heterocycles. The molecule has 0 bridgehead atoms. The van der Waals surface area contributed by atoms with Crippen molar-refractivity contribution in [2.24, 2.45) is 0 Å². The van der Waals surface area contributed by atoms with E-state index in [1.165, 1.54) is 20.0 Å². The molecule has 1 N–H and O–H groups in total. The van der Waals surface area contributed by atoms with Gasteiger partial charge in [-0.25, -0.2) is 22.4 Å². The van der Waals surface area contributed by atoms with E-state index in [-0.39, 0.29) is 22.2 Å². The zero-order valence-corrected chi connectivity index (χ0v) is 30.9. The highest BCUT2D eigenvalue weighted by atomic mass is 32.2. The fourth-order valence-corrected chi connectivity index (χ4v) is 8.04. The molecule has 1 atom stereocenters. The van der Waals surface area contributed by atoms with E-state index in [2.05, 4.69) is 24.0 Å². The number of aromatic nitrogens is 3. The molecule has 0 spiro atoms. The second-order valence-electron chi connectivity index (χ2n) is 13.9. The molecule has 5 aromatic rings. The summed E-state index contributed by atoms with van der Waals surface area (Å²) in [6, 6.07) is 16.4. The Labute approximate surface area is 299 Å². The number of rotatable bonds is 11. The van der Waals surface area contributed by atoms with Gasteiger partial charge in [-0.15, -0.1) is 0 Å². The van der Waals surface area contributed by atoms with Gasteiger partial charge in [-0.1, -0.05) is 29.8 Å². The van der Waals surface area contributed by atoms with Crippen LogP contribution in [-0.4, -0.2) is 82.2 Å². The second kappa shape index (κ2) is 14.5. The lowest BCUT2D eigenvalue weighted by Crippen LogP contribution is -2.32. The van der Waals surface area contributed by atoms with Crippen molar-refractivity contribution in [2.75, 3.05) is 27.2 Å². The zero-order valence-electron chi connectivity index (χ0n) is 30.1. The van der Waals surface area contributed by atoms with Crippen molar-refractivity contribution >= 4 is 32.9 Å². The molecule has 0 aliphatic carbocycles. The Morgan fingerprint density at radius 3 is 2.37 bits per heavy atom. The van der Waals surface area contributed by atoms with Gasteiger partial charge < -0.3 is 10.0 Å². The van der Waals surface area contributed by atoms with Crippen molar-refractivity contribution in [1.82, 2.24) is 23.7 Å². The number of aliphatic hydroxyl groups excluding tert-OH is 1. The zero-order chi connectivity index (χ0) is 36.6. The molecule has 0 fully saturated rings. The van der Waals surface area contributed by atoms with Crippen molar-refractivity contribution in [3.8, 4) is 22.4 Å². The number of benzene rings is 3. The number of nitrogens with zero attached hydrogens (tertiary/aromatic N) is 5. The molecule has 0 radical (unpaired) electrons. The van der Waals surface area contributed by atoms with Gasteiger partial charge in [0.25, 0.3) is 15.9 Å². The minimum absolute atomic E-state index is 0.116. The summed E-state index contributed by atoms with van der Waals surface area (Å²) in [4.78, 5) is 39.0. The van der Waals surface area contributed by atoms with Crippen LogP contribution < -0.4 is 0 Å².